The van der Waals surface area contributed by atoms with E-state index in [9.17, 15) is 4.79 Å². The van der Waals surface area contributed by atoms with Crippen LogP contribution in [0.1, 0.15) is 36.0 Å². The molecule has 3 nitrogen and oxygen atoms in total. The predicted octanol–water partition coefficient (Wildman–Crippen LogP) is 4.07. The molecule has 0 bridgehead atoms. The van der Waals surface area contributed by atoms with E-state index in [1.54, 1.807) is 17.4 Å². The van der Waals surface area contributed by atoms with E-state index in [0.717, 1.165) is 15.4 Å². The number of thiazole rings is 1. The van der Waals surface area contributed by atoms with E-state index < -0.39 is 5.60 Å². The number of aryl methyl sites for hydroxylation is 1. The Morgan fingerprint density at radius 2 is 1.95 bits per heavy atom. The smallest absolute Gasteiger partial charge is 0.339 e. The summed E-state index contributed by atoms with van der Waals surface area (Å²) in [7, 11) is 0. The van der Waals surface area contributed by atoms with Crippen molar-refractivity contribution in [1.29, 1.82) is 0 Å². The van der Waals surface area contributed by atoms with Crippen molar-refractivity contribution < 1.29 is 9.53 Å². The molecule has 0 unspecified atom stereocenters. The highest BCUT2D eigenvalue weighted by Crippen LogP contribution is 2.28. The standard InChI is InChI=1S/C15H17NO2S/c1-10-9-16-13(19-10)11-7-5-6-8-12(11)14(17)18-15(2,3)4/h5-9H,1-4H3. The van der Waals surface area contributed by atoms with Crippen molar-refractivity contribution in [2.24, 2.45) is 0 Å². The first-order valence-electron chi connectivity index (χ1n) is 6.12. The van der Waals surface area contributed by atoms with Crippen LogP contribution < -0.4 is 0 Å². The molecule has 0 amide bonds. The third kappa shape index (κ3) is 3.41. The van der Waals surface area contributed by atoms with Gasteiger partial charge in [0.25, 0.3) is 0 Å². The lowest BCUT2D eigenvalue weighted by Crippen LogP contribution is -2.24. The van der Waals surface area contributed by atoms with Gasteiger partial charge in [-0.25, -0.2) is 9.78 Å². The third-order valence-corrected chi connectivity index (χ3v) is 3.34. The van der Waals surface area contributed by atoms with Crippen molar-refractivity contribution >= 4 is 17.3 Å². The zero-order chi connectivity index (χ0) is 14.0. The van der Waals surface area contributed by atoms with Gasteiger partial charge in [-0.15, -0.1) is 11.3 Å². The van der Waals surface area contributed by atoms with Crippen molar-refractivity contribution in [3.05, 3.63) is 40.9 Å². The molecule has 0 saturated heterocycles. The molecule has 1 aromatic heterocycles. The van der Waals surface area contributed by atoms with Crippen LogP contribution in [0.15, 0.2) is 30.5 Å². The second-order valence-electron chi connectivity index (χ2n) is 5.32. The highest BCUT2D eigenvalue weighted by atomic mass is 32.1. The fraction of sp³-hybridized carbons (Fsp3) is 0.333. The summed E-state index contributed by atoms with van der Waals surface area (Å²) in [5.74, 6) is -0.309. The minimum Gasteiger partial charge on any atom is -0.456 e. The molecule has 0 aliphatic rings. The first-order chi connectivity index (χ1) is 8.87. The van der Waals surface area contributed by atoms with Crippen LogP contribution in [0.4, 0.5) is 0 Å². The van der Waals surface area contributed by atoms with Gasteiger partial charge in [0.15, 0.2) is 0 Å². The molecular formula is C15H17NO2S. The molecule has 2 aromatic rings. The molecule has 0 spiro atoms. The Labute approximate surface area is 117 Å². The molecular weight excluding hydrogens is 258 g/mol. The van der Waals surface area contributed by atoms with Crippen LogP contribution in [0.2, 0.25) is 0 Å². The Balaban J connectivity index is 2.39. The molecule has 100 valence electrons. The summed E-state index contributed by atoms with van der Waals surface area (Å²) in [6.45, 7) is 7.58. The van der Waals surface area contributed by atoms with Crippen LogP contribution in [0, 0.1) is 6.92 Å². The van der Waals surface area contributed by atoms with E-state index >= 15 is 0 Å². The monoisotopic (exact) mass is 275 g/mol. The zero-order valence-electron chi connectivity index (χ0n) is 11.6. The molecule has 1 aromatic carbocycles. The van der Waals surface area contributed by atoms with Gasteiger partial charge in [-0.3, -0.25) is 0 Å². The summed E-state index contributed by atoms with van der Waals surface area (Å²) in [6.07, 6.45) is 1.81. The maximum absolute atomic E-state index is 12.2. The Morgan fingerprint density at radius 1 is 1.26 bits per heavy atom. The van der Waals surface area contributed by atoms with Crippen molar-refractivity contribution in [3.63, 3.8) is 0 Å². The minimum absolute atomic E-state index is 0.309. The first-order valence-corrected chi connectivity index (χ1v) is 6.93. The Kier molecular flexibility index (Phi) is 3.71. The summed E-state index contributed by atoms with van der Waals surface area (Å²) in [6, 6.07) is 7.42. The number of benzene rings is 1. The van der Waals surface area contributed by atoms with Crippen LogP contribution >= 0.6 is 11.3 Å². The van der Waals surface area contributed by atoms with Crippen LogP contribution in [-0.2, 0) is 4.74 Å². The summed E-state index contributed by atoms with van der Waals surface area (Å²) >= 11 is 1.57. The second-order valence-corrected chi connectivity index (χ2v) is 6.56. The number of carbonyl (C=O) groups excluding carboxylic acids is 1. The average molecular weight is 275 g/mol. The first kappa shape index (κ1) is 13.7. The largest absolute Gasteiger partial charge is 0.456 e. The SMILES string of the molecule is Cc1cnc(-c2ccccc2C(=O)OC(C)(C)C)s1. The number of aromatic nitrogens is 1. The number of ether oxygens (including phenoxy) is 1. The summed E-state index contributed by atoms with van der Waals surface area (Å²) in [5, 5.41) is 0.846. The molecule has 0 atom stereocenters. The molecule has 0 saturated carbocycles. The van der Waals surface area contributed by atoms with Crippen molar-refractivity contribution in [1.82, 2.24) is 4.98 Å². The number of carbonyl (C=O) groups is 1. The number of hydrogen-bond acceptors (Lipinski definition) is 4. The van der Waals surface area contributed by atoms with Crippen molar-refractivity contribution in [2.45, 2.75) is 33.3 Å². The predicted molar refractivity (Wildman–Crippen MR) is 77.5 cm³/mol. The van der Waals surface area contributed by atoms with Crippen LogP contribution in [0.5, 0.6) is 0 Å². The molecule has 19 heavy (non-hydrogen) atoms. The highest BCUT2D eigenvalue weighted by molar-refractivity contribution is 7.15. The minimum atomic E-state index is -0.497. The fourth-order valence-corrected chi connectivity index (χ4v) is 2.46. The Bertz CT molecular complexity index is 596. The van der Waals surface area contributed by atoms with E-state index in [2.05, 4.69) is 4.98 Å². The molecule has 4 heteroatoms. The van der Waals surface area contributed by atoms with Gasteiger partial charge in [0.05, 0.1) is 5.56 Å². The van der Waals surface area contributed by atoms with E-state index in [1.807, 2.05) is 52.1 Å². The van der Waals surface area contributed by atoms with E-state index in [1.165, 1.54) is 0 Å². The number of hydrogen-bond donors (Lipinski definition) is 0. The zero-order valence-corrected chi connectivity index (χ0v) is 12.4. The van der Waals surface area contributed by atoms with E-state index in [4.69, 9.17) is 4.74 Å². The van der Waals surface area contributed by atoms with Crippen LogP contribution in [0.3, 0.4) is 0 Å². The normalized spacial score (nSPS) is 11.4. The van der Waals surface area contributed by atoms with Gasteiger partial charge in [-0.2, -0.15) is 0 Å². The number of rotatable bonds is 2. The van der Waals surface area contributed by atoms with Gasteiger partial charge in [0.1, 0.15) is 10.6 Å². The van der Waals surface area contributed by atoms with Gasteiger partial charge < -0.3 is 4.74 Å². The van der Waals surface area contributed by atoms with Gasteiger partial charge in [0.2, 0.25) is 0 Å². The Morgan fingerprint density at radius 3 is 2.53 bits per heavy atom. The quantitative estimate of drug-likeness (QED) is 0.775. The maximum Gasteiger partial charge on any atom is 0.339 e. The van der Waals surface area contributed by atoms with Crippen LogP contribution in [-0.4, -0.2) is 16.6 Å². The summed E-state index contributed by atoms with van der Waals surface area (Å²) in [5.41, 5.74) is 0.893. The highest BCUT2D eigenvalue weighted by Gasteiger charge is 2.21. The van der Waals surface area contributed by atoms with Gasteiger partial charge in [0, 0.05) is 16.6 Å². The van der Waals surface area contributed by atoms with Crippen LogP contribution in [0.25, 0.3) is 10.6 Å². The lowest BCUT2D eigenvalue weighted by molar-refractivity contribution is 0.00705. The lowest BCUT2D eigenvalue weighted by atomic mass is 10.1. The average Bonchev–Trinajstić information content (AvgIpc) is 2.73. The number of nitrogens with zero attached hydrogens (tertiary/aromatic N) is 1. The molecule has 0 aliphatic heterocycles. The number of esters is 1. The summed E-state index contributed by atoms with van der Waals surface area (Å²) < 4.78 is 5.43. The molecule has 0 N–H and O–H groups in total. The molecule has 0 aliphatic carbocycles. The fourth-order valence-electron chi connectivity index (χ4n) is 1.66. The van der Waals surface area contributed by atoms with Crippen molar-refractivity contribution in [3.8, 4) is 10.6 Å². The molecule has 0 radical (unpaired) electrons. The van der Waals surface area contributed by atoms with Gasteiger partial charge >= 0.3 is 5.97 Å². The second kappa shape index (κ2) is 5.13. The van der Waals surface area contributed by atoms with Gasteiger partial charge in [-0.05, 0) is 33.8 Å². The molecule has 1 heterocycles. The van der Waals surface area contributed by atoms with E-state index in [0.29, 0.717) is 5.56 Å². The topological polar surface area (TPSA) is 39.2 Å². The van der Waals surface area contributed by atoms with Crippen molar-refractivity contribution in [2.75, 3.05) is 0 Å². The molecule has 2 rings (SSSR count). The molecule has 0 fully saturated rings. The van der Waals surface area contributed by atoms with E-state index in [-0.39, 0.29) is 5.97 Å². The Hall–Kier alpha value is -1.68. The maximum atomic E-state index is 12.2. The third-order valence-electron chi connectivity index (χ3n) is 2.40. The lowest BCUT2D eigenvalue weighted by Gasteiger charge is -2.20. The summed E-state index contributed by atoms with van der Waals surface area (Å²) in [4.78, 5) is 17.7. The van der Waals surface area contributed by atoms with Gasteiger partial charge in [-0.1, -0.05) is 18.2 Å².